The first-order chi connectivity index (χ1) is 13.9. The molecule has 7 nitrogen and oxygen atoms in total. The van der Waals surface area contributed by atoms with E-state index in [1.165, 1.54) is 0 Å². The normalized spacial score (nSPS) is 23.8. The van der Waals surface area contributed by atoms with Crippen molar-refractivity contribution in [1.29, 1.82) is 0 Å². The smallest absolute Gasteiger partial charge is 0.243 e. The highest BCUT2D eigenvalue weighted by Crippen LogP contribution is 2.35. The van der Waals surface area contributed by atoms with E-state index in [-0.39, 0.29) is 12.5 Å². The van der Waals surface area contributed by atoms with Crippen LogP contribution in [0.15, 0.2) is 53.7 Å². The summed E-state index contributed by atoms with van der Waals surface area (Å²) in [6, 6.07) is 10.8. The second-order valence-corrected chi connectivity index (χ2v) is 9.80. The van der Waals surface area contributed by atoms with Gasteiger partial charge in [0, 0.05) is 25.8 Å². The van der Waals surface area contributed by atoms with Crippen LogP contribution >= 0.6 is 0 Å². The first-order valence-corrected chi connectivity index (χ1v) is 11.3. The second-order valence-electron chi connectivity index (χ2n) is 7.86. The van der Waals surface area contributed by atoms with Gasteiger partial charge in [-0.2, -0.15) is 4.31 Å². The van der Waals surface area contributed by atoms with Gasteiger partial charge in [-0.1, -0.05) is 19.1 Å². The van der Waals surface area contributed by atoms with Crippen molar-refractivity contribution < 1.29 is 13.2 Å². The van der Waals surface area contributed by atoms with E-state index in [0.29, 0.717) is 31.0 Å². The molecule has 1 aromatic heterocycles. The van der Waals surface area contributed by atoms with Crippen LogP contribution in [0.25, 0.3) is 0 Å². The number of nitrogens with zero attached hydrogens (tertiary/aromatic N) is 4. The van der Waals surface area contributed by atoms with E-state index >= 15 is 0 Å². The molecule has 4 rings (SSSR count). The zero-order chi connectivity index (χ0) is 20.6. The molecule has 1 spiro atoms. The summed E-state index contributed by atoms with van der Waals surface area (Å²) in [4.78, 5) is 20.8. The highest BCUT2D eigenvalue weighted by atomic mass is 32.2. The van der Waals surface area contributed by atoms with Crippen LogP contribution < -0.4 is 4.90 Å². The molecule has 1 atom stereocenters. The Morgan fingerprint density at radius 2 is 1.90 bits per heavy atom. The van der Waals surface area contributed by atoms with E-state index in [4.69, 9.17) is 0 Å². The summed E-state index contributed by atoms with van der Waals surface area (Å²) in [7, 11) is -1.66. The van der Waals surface area contributed by atoms with Crippen molar-refractivity contribution in [1.82, 2.24) is 14.2 Å². The number of piperazine rings is 1. The van der Waals surface area contributed by atoms with Crippen LogP contribution in [-0.2, 0) is 21.2 Å². The zero-order valence-electron chi connectivity index (χ0n) is 16.8. The molecular formula is C21H26N4O3S. The van der Waals surface area contributed by atoms with Crippen molar-refractivity contribution in [3.63, 3.8) is 0 Å². The highest BCUT2D eigenvalue weighted by molar-refractivity contribution is 7.89. The number of aromatic nitrogens is 1. The molecule has 0 aliphatic carbocycles. The van der Waals surface area contributed by atoms with Crippen LogP contribution in [0.4, 0.5) is 5.69 Å². The van der Waals surface area contributed by atoms with E-state index in [1.54, 1.807) is 39.8 Å². The number of carbonyl (C=O) groups excluding carboxylic acids is 1. The van der Waals surface area contributed by atoms with Crippen molar-refractivity contribution in [2.45, 2.75) is 30.2 Å². The number of rotatable bonds is 4. The van der Waals surface area contributed by atoms with E-state index in [9.17, 15) is 13.2 Å². The van der Waals surface area contributed by atoms with Gasteiger partial charge in [0.25, 0.3) is 0 Å². The minimum Gasteiger partial charge on any atom is -0.308 e. The van der Waals surface area contributed by atoms with E-state index in [1.807, 2.05) is 37.1 Å². The average Bonchev–Trinajstić information content (AvgIpc) is 3.18. The summed E-state index contributed by atoms with van der Waals surface area (Å²) in [5, 5.41) is 0. The summed E-state index contributed by atoms with van der Waals surface area (Å²) in [5.41, 5.74) is 1.46. The van der Waals surface area contributed by atoms with Crippen LogP contribution in [0.5, 0.6) is 0 Å². The lowest BCUT2D eigenvalue weighted by Crippen LogP contribution is -2.64. The van der Waals surface area contributed by atoms with Gasteiger partial charge in [-0.05, 0) is 49.7 Å². The number of aryl methyl sites for hydroxylation is 1. The fraction of sp³-hybridized carbons (Fsp3) is 0.429. The van der Waals surface area contributed by atoms with Crippen LogP contribution in [-0.4, -0.2) is 67.3 Å². The lowest BCUT2D eigenvalue weighted by molar-refractivity contribution is -0.123. The Morgan fingerprint density at radius 1 is 1.14 bits per heavy atom. The molecule has 1 aromatic carbocycles. The van der Waals surface area contributed by atoms with Gasteiger partial charge >= 0.3 is 0 Å². The van der Waals surface area contributed by atoms with Crippen molar-refractivity contribution in [2.75, 3.05) is 38.1 Å². The second kappa shape index (κ2) is 7.51. The molecule has 0 N–H and O–H groups in total. The summed E-state index contributed by atoms with van der Waals surface area (Å²) in [5.74, 6) is 0.00239. The third-order valence-corrected chi connectivity index (χ3v) is 8.02. The maximum absolute atomic E-state index is 13.2. The molecule has 2 saturated heterocycles. The summed E-state index contributed by atoms with van der Waals surface area (Å²) < 4.78 is 28.0. The fourth-order valence-electron chi connectivity index (χ4n) is 4.22. The third-order valence-electron chi connectivity index (χ3n) is 6.16. The highest BCUT2D eigenvalue weighted by Gasteiger charge is 2.50. The molecule has 3 heterocycles. The number of carbonyl (C=O) groups is 1. The van der Waals surface area contributed by atoms with Crippen molar-refractivity contribution in [2.24, 2.45) is 0 Å². The van der Waals surface area contributed by atoms with Gasteiger partial charge in [0.1, 0.15) is 0 Å². The van der Waals surface area contributed by atoms with Gasteiger partial charge in [0.05, 0.1) is 28.9 Å². The molecule has 2 fully saturated rings. The van der Waals surface area contributed by atoms with Crippen molar-refractivity contribution in [3.8, 4) is 0 Å². The van der Waals surface area contributed by atoms with Crippen molar-refractivity contribution >= 4 is 21.6 Å². The van der Waals surface area contributed by atoms with Gasteiger partial charge in [-0.25, -0.2) is 8.42 Å². The largest absolute Gasteiger partial charge is 0.308 e. The molecule has 0 saturated carbocycles. The topological polar surface area (TPSA) is 73.8 Å². The van der Waals surface area contributed by atoms with Crippen LogP contribution in [0.2, 0.25) is 0 Å². The summed E-state index contributed by atoms with van der Waals surface area (Å²) in [6.45, 7) is 3.56. The maximum atomic E-state index is 13.2. The number of benzene rings is 1. The lowest BCUT2D eigenvalue weighted by Gasteiger charge is -2.46. The molecule has 2 aromatic rings. The van der Waals surface area contributed by atoms with Gasteiger partial charge in [0.15, 0.2) is 0 Å². The van der Waals surface area contributed by atoms with Gasteiger partial charge in [0.2, 0.25) is 15.9 Å². The minimum absolute atomic E-state index is 0.00239. The molecule has 8 heteroatoms. The molecule has 0 bridgehead atoms. The van der Waals surface area contributed by atoms with Crippen LogP contribution in [0.1, 0.15) is 18.9 Å². The zero-order valence-corrected chi connectivity index (χ0v) is 17.6. The van der Waals surface area contributed by atoms with E-state index in [2.05, 4.69) is 4.98 Å². The number of hydrogen-bond donors (Lipinski definition) is 0. The Hall–Kier alpha value is -2.29. The van der Waals surface area contributed by atoms with Crippen LogP contribution in [0, 0.1) is 0 Å². The number of likely N-dealkylation sites (N-methyl/N-ethyl adjacent to an activating group) is 1. The molecular weight excluding hydrogens is 388 g/mol. The Morgan fingerprint density at radius 3 is 2.55 bits per heavy atom. The first kappa shape index (κ1) is 20.0. The third kappa shape index (κ3) is 3.56. The van der Waals surface area contributed by atoms with Gasteiger partial charge < -0.3 is 4.90 Å². The number of sulfonamides is 1. The Bertz CT molecular complexity index is 994. The molecule has 0 radical (unpaired) electrons. The molecule has 2 aliphatic heterocycles. The first-order valence-electron chi connectivity index (χ1n) is 9.86. The monoisotopic (exact) mass is 414 g/mol. The minimum atomic E-state index is -3.57. The Kier molecular flexibility index (Phi) is 5.18. The SMILES string of the molecule is CCc1ccc(S(=O)(=O)N2CC[C@@]3(CN(c4cccnc4)C(=O)CN3C)C2)cc1. The Labute approximate surface area is 172 Å². The fourth-order valence-corrected chi connectivity index (χ4v) is 5.74. The molecule has 2 aliphatic rings. The maximum Gasteiger partial charge on any atom is 0.243 e. The summed E-state index contributed by atoms with van der Waals surface area (Å²) in [6.07, 6.45) is 4.90. The number of hydrogen-bond acceptors (Lipinski definition) is 5. The van der Waals surface area contributed by atoms with Gasteiger partial charge in [-0.3, -0.25) is 14.7 Å². The quantitative estimate of drug-likeness (QED) is 0.762. The van der Waals surface area contributed by atoms with Gasteiger partial charge in [-0.15, -0.1) is 0 Å². The summed E-state index contributed by atoms with van der Waals surface area (Å²) >= 11 is 0. The van der Waals surface area contributed by atoms with E-state index in [0.717, 1.165) is 17.7 Å². The number of pyridine rings is 1. The standard InChI is InChI=1S/C21H26N4O3S/c1-3-17-6-8-19(9-7-17)29(27,28)24-12-10-21(15-24)16-25(20(26)14-23(21)2)18-5-4-11-22-13-18/h4-9,11,13H,3,10,12,14-16H2,1-2H3/t21-/m0/s1. The predicted octanol–water partition coefficient (Wildman–Crippen LogP) is 1.76. The van der Waals surface area contributed by atoms with Crippen molar-refractivity contribution in [3.05, 3.63) is 54.4 Å². The predicted molar refractivity (Wildman–Crippen MR) is 111 cm³/mol. The number of amides is 1. The van der Waals surface area contributed by atoms with E-state index < -0.39 is 15.6 Å². The number of anilines is 1. The Balaban J connectivity index is 1.58. The molecule has 0 unspecified atom stereocenters. The lowest BCUT2D eigenvalue weighted by atomic mass is 9.93. The molecule has 154 valence electrons. The molecule has 1 amide bonds. The van der Waals surface area contributed by atoms with Crippen LogP contribution in [0.3, 0.4) is 0 Å². The average molecular weight is 415 g/mol. The molecule has 29 heavy (non-hydrogen) atoms.